The van der Waals surface area contributed by atoms with Crippen LogP contribution in [0.25, 0.3) is 0 Å². The second-order valence-electron chi connectivity index (χ2n) is 3.56. The summed E-state index contributed by atoms with van der Waals surface area (Å²) >= 11 is 0. The molecule has 0 fully saturated rings. The average molecular weight is 302 g/mol. The first-order valence-electron chi connectivity index (χ1n) is 5.15. The molecule has 0 aliphatic carbocycles. The predicted molar refractivity (Wildman–Crippen MR) is 65.9 cm³/mol. The highest BCUT2D eigenvalue weighted by atomic mass is 32.2. The Morgan fingerprint density at radius 2 is 1.67 bits per heavy atom. The maximum absolute atomic E-state index is 11.4. The smallest absolute Gasteiger partial charge is 0.305 e. The van der Waals surface area contributed by atoms with Gasteiger partial charge in [0.25, 0.3) is 0 Å². The lowest BCUT2D eigenvalue weighted by atomic mass is 10.3. The van der Waals surface area contributed by atoms with Crippen molar-refractivity contribution in [2.45, 2.75) is 12.8 Å². The molecule has 0 atom stereocenters. The molecule has 0 saturated carbocycles. The zero-order valence-corrected chi connectivity index (χ0v) is 11.9. The van der Waals surface area contributed by atoms with Crippen LogP contribution in [0.3, 0.4) is 0 Å². The van der Waals surface area contributed by atoms with E-state index in [0.29, 0.717) is 0 Å². The molecular weight excluding hydrogens is 284 g/mol. The van der Waals surface area contributed by atoms with Crippen LogP contribution in [0, 0.1) is 0 Å². The van der Waals surface area contributed by atoms with Crippen molar-refractivity contribution in [2.75, 3.05) is 32.2 Å². The van der Waals surface area contributed by atoms with Crippen molar-refractivity contribution in [3.05, 3.63) is 0 Å². The van der Waals surface area contributed by atoms with Crippen molar-refractivity contribution in [3.63, 3.8) is 0 Å². The summed E-state index contributed by atoms with van der Waals surface area (Å²) in [6, 6.07) is 0. The van der Waals surface area contributed by atoms with E-state index in [4.69, 9.17) is 0 Å². The topological polar surface area (TPSA) is 119 Å². The molecule has 8 nitrogen and oxygen atoms in total. The molecular formula is C8H18N2O6S2. The number of nitrogens with one attached hydrogen (secondary N) is 2. The molecule has 10 heteroatoms. The van der Waals surface area contributed by atoms with Gasteiger partial charge in [0.2, 0.25) is 20.0 Å². The molecule has 0 aromatic rings. The number of carbonyl (C=O) groups excluding carboxylic acids is 1. The molecule has 0 radical (unpaired) electrons. The van der Waals surface area contributed by atoms with E-state index >= 15 is 0 Å². The van der Waals surface area contributed by atoms with E-state index in [0.717, 1.165) is 6.26 Å². The molecule has 0 aromatic carbocycles. The van der Waals surface area contributed by atoms with Crippen molar-refractivity contribution in [1.82, 2.24) is 9.44 Å². The molecule has 0 amide bonds. The van der Waals surface area contributed by atoms with Gasteiger partial charge in [-0.1, -0.05) is 0 Å². The molecule has 0 heterocycles. The first-order chi connectivity index (χ1) is 8.16. The van der Waals surface area contributed by atoms with Gasteiger partial charge in [-0.05, 0) is 6.42 Å². The maximum atomic E-state index is 11.4. The quantitative estimate of drug-likeness (QED) is 0.391. The highest BCUT2D eigenvalue weighted by molar-refractivity contribution is 7.89. The Morgan fingerprint density at radius 1 is 1.11 bits per heavy atom. The third-order valence-corrected chi connectivity index (χ3v) is 4.03. The summed E-state index contributed by atoms with van der Waals surface area (Å²) in [5.41, 5.74) is 0. The minimum Gasteiger partial charge on any atom is -0.469 e. The minimum absolute atomic E-state index is 0.0188. The van der Waals surface area contributed by atoms with Gasteiger partial charge in [0.1, 0.15) is 0 Å². The lowest BCUT2D eigenvalue weighted by Crippen LogP contribution is -2.35. The highest BCUT2D eigenvalue weighted by Gasteiger charge is 2.11. The summed E-state index contributed by atoms with van der Waals surface area (Å²) in [4.78, 5) is 10.8. The van der Waals surface area contributed by atoms with E-state index in [1.165, 1.54) is 7.11 Å². The van der Waals surface area contributed by atoms with Gasteiger partial charge >= 0.3 is 5.97 Å². The number of carbonyl (C=O) groups is 1. The lowest BCUT2D eigenvalue weighted by Gasteiger charge is -2.06. The zero-order valence-electron chi connectivity index (χ0n) is 10.3. The van der Waals surface area contributed by atoms with Gasteiger partial charge in [0.05, 0.1) is 19.1 Å². The van der Waals surface area contributed by atoms with Gasteiger partial charge in [0.15, 0.2) is 0 Å². The predicted octanol–water partition coefficient (Wildman–Crippen LogP) is -1.59. The Hall–Kier alpha value is -0.710. The monoisotopic (exact) mass is 302 g/mol. The van der Waals surface area contributed by atoms with Crippen molar-refractivity contribution in [2.24, 2.45) is 0 Å². The fourth-order valence-corrected chi connectivity index (χ4v) is 2.58. The molecule has 0 spiro atoms. The molecule has 0 unspecified atom stereocenters. The molecule has 0 rings (SSSR count). The zero-order chi connectivity index (χ0) is 14.2. The maximum Gasteiger partial charge on any atom is 0.305 e. The number of sulfonamides is 2. The van der Waals surface area contributed by atoms with Crippen LogP contribution in [0.1, 0.15) is 12.8 Å². The van der Waals surface area contributed by atoms with Gasteiger partial charge in [-0.3, -0.25) is 4.79 Å². The Balaban J connectivity index is 3.84. The molecule has 0 saturated heterocycles. The van der Waals surface area contributed by atoms with Crippen LogP contribution >= 0.6 is 0 Å². The second kappa shape index (κ2) is 7.67. The summed E-state index contributed by atoms with van der Waals surface area (Å²) < 4.78 is 52.9. The van der Waals surface area contributed by atoms with Crippen molar-refractivity contribution in [3.8, 4) is 0 Å². The molecule has 2 N–H and O–H groups in total. The van der Waals surface area contributed by atoms with Gasteiger partial charge < -0.3 is 4.74 Å². The summed E-state index contributed by atoms with van der Waals surface area (Å²) in [6.45, 7) is -0.0529. The fraction of sp³-hybridized carbons (Fsp3) is 0.875. The number of ether oxygens (including phenoxy) is 1. The Labute approximate surface area is 107 Å². The van der Waals surface area contributed by atoms with E-state index in [9.17, 15) is 21.6 Å². The molecule has 0 aliphatic heterocycles. The average Bonchev–Trinajstić information content (AvgIpc) is 2.23. The summed E-state index contributed by atoms with van der Waals surface area (Å²) in [5, 5.41) is 0. The van der Waals surface area contributed by atoms with Crippen LogP contribution in [0.15, 0.2) is 0 Å². The van der Waals surface area contributed by atoms with E-state index in [1.54, 1.807) is 0 Å². The number of esters is 1. The van der Waals surface area contributed by atoms with Crippen LogP contribution in [0.2, 0.25) is 0 Å². The molecule has 0 aromatic heterocycles. The summed E-state index contributed by atoms with van der Waals surface area (Å²) in [7, 11) is -5.59. The van der Waals surface area contributed by atoms with Gasteiger partial charge in [-0.2, -0.15) is 0 Å². The summed E-state index contributed by atoms with van der Waals surface area (Å²) in [5.74, 6) is -0.676. The second-order valence-corrected chi connectivity index (χ2v) is 7.32. The Bertz CT molecular complexity index is 456. The molecule has 108 valence electrons. The van der Waals surface area contributed by atoms with Gasteiger partial charge in [-0.15, -0.1) is 0 Å². The van der Waals surface area contributed by atoms with Crippen LogP contribution in [0.5, 0.6) is 0 Å². The van der Waals surface area contributed by atoms with E-state index in [1.807, 2.05) is 0 Å². The molecule has 18 heavy (non-hydrogen) atoms. The van der Waals surface area contributed by atoms with E-state index in [-0.39, 0.29) is 31.7 Å². The van der Waals surface area contributed by atoms with Gasteiger partial charge in [0, 0.05) is 19.5 Å². The minimum atomic E-state index is -3.50. The van der Waals surface area contributed by atoms with Crippen LogP contribution in [-0.2, 0) is 29.6 Å². The number of rotatable bonds is 9. The van der Waals surface area contributed by atoms with Crippen LogP contribution in [-0.4, -0.2) is 55.0 Å². The number of hydrogen-bond donors (Lipinski definition) is 2. The van der Waals surface area contributed by atoms with E-state index < -0.39 is 26.0 Å². The third kappa shape index (κ3) is 10.4. The van der Waals surface area contributed by atoms with Crippen molar-refractivity contribution >= 4 is 26.0 Å². The normalized spacial score (nSPS) is 12.3. The van der Waals surface area contributed by atoms with E-state index in [2.05, 4.69) is 14.2 Å². The molecule has 0 bridgehead atoms. The lowest BCUT2D eigenvalue weighted by molar-refractivity contribution is -0.140. The van der Waals surface area contributed by atoms with Crippen molar-refractivity contribution in [1.29, 1.82) is 0 Å². The third-order valence-electron chi connectivity index (χ3n) is 1.83. The Kier molecular flexibility index (Phi) is 7.36. The highest BCUT2D eigenvalue weighted by Crippen LogP contribution is 1.96. The SMILES string of the molecule is COC(=O)CCCS(=O)(=O)NCCNS(C)(=O)=O. The standard InChI is InChI=1S/C8H18N2O6S2/c1-16-8(11)4-3-7-18(14,15)10-6-5-9-17(2,12)13/h9-10H,3-7H2,1-2H3. The van der Waals surface area contributed by atoms with Crippen LogP contribution in [0.4, 0.5) is 0 Å². The largest absolute Gasteiger partial charge is 0.469 e. The van der Waals surface area contributed by atoms with Crippen LogP contribution < -0.4 is 9.44 Å². The first kappa shape index (κ1) is 17.3. The number of hydrogen-bond acceptors (Lipinski definition) is 6. The fourth-order valence-electron chi connectivity index (χ4n) is 1.02. The van der Waals surface area contributed by atoms with Crippen molar-refractivity contribution < 1.29 is 26.4 Å². The number of methoxy groups -OCH3 is 1. The van der Waals surface area contributed by atoms with Gasteiger partial charge in [-0.25, -0.2) is 26.3 Å². The Morgan fingerprint density at radius 3 is 2.17 bits per heavy atom. The summed E-state index contributed by atoms with van der Waals surface area (Å²) in [6.07, 6.45) is 1.17. The first-order valence-corrected chi connectivity index (χ1v) is 8.69. The molecule has 0 aliphatic rings.